The molecule has 2 aromatic heterocycles. The van der Waals surface area contributed by atoms with Crippen LogP contribution in [0, 0.1) is 0 Å². The van der Waals surface area contributed by atoms with Crippen molar-refractivity contribution >= 4 is 5.82 Å². The minimum Gasteiger partial charge on any atom is -0.386 e. The van der Waals surface area contributed by atoms with Crippen molar-refractivity contribution in [3.63, 3.8) is 0 Å². The molecule has 5 heteroatoms. The van der Waals surface area contributed by atoms with Gasteiger partial charge >= 0.3 is 0 Å². The normalized spacial score (nSPS) is 12.3. The minimum atomic E-state index is -0.671. The van der Waals surface area contributed by atoms with Crippen molar-refractivity contribution in [2.24, 2.45) is 0 Å². The lowest BCUT2D eigenvalue weighted by Gasteiger charge is -2.09. The van der Waals surface area contributed by atoms with E-state index in [0.29, 0.717) is 17.9 Å². The number of aromatic nitrogens is 3. The molecule has 3 N–H and O–H groups in total. The fourth-order valence-corrected chi connectivity index (χ4v) is 1.43. The molecule has 0 fully saturated rings. The van der Waals surface area contributed by atoms with Crippen LogP contribution in [0.15, 0.2) is 36.9 Å². The molecule has 0 saturated carbocycles. The van der Waals surface area contributed by atoms with Crippen LogP contribution in [0.1, 0.15) is 17.4 Å². The number of hydrogen-bond donors (Lipinski definition) is 2. The Labute approximate surface area is 93.0 Å². The second-order valence-electron chi connectivity index (χ2n) is 3.44. The molecular formula is C11H12N4O. The molecule has 0 spiro atoms. The van der Waals surface area contributed by atoms with Crippen LogP contribution in [0.4, 0.5) is 5.82 Å². The molecule has 0 aliphatic carbocycles. The summed E-state index contributed by atoms with van der Waals surface area (Å²) in [5.74, 6) is 0.448. The molecule has 82 valence electrons. The van der Waals surface area contributed by atoms with Crippen molar-refractivity contribution in [1.82, 2.24) is 15.0 Å². The van der Waals surface area contributed by atoms with Crippen molar-refractivity contribution in [3.8, 4) is 0 Å². The largest absolute Gasteiger partial charge is 0.386 e. The summed E-state index contributed by atoms with van der Waals surface area (Å²) >= 11 is 0. The third-order valence-electron chi connectivity index (χ3n) is 2.20. The van der Waals surface area contributed by atoms with E-state index in [4.69, 9.17) is 5.73 Å². The number of anilines is 1. The van der Waals surface area contributed by atoms with Gasteiger partial charge in [-0.1, -0.05) is 0 Å². The van der Waals surface area contributed by atoms with E-state index in [1.54, 1.807) is 30.9 Å². The van der Waals surface area contributed by atoms with Crippen molar-refractivity contribution in [3.05, 3.63) is 48.2 Å². The molecule has 2 rings (SSSR count). The number of nitrogens with zero attached hydrogens (tertiary/aromatic N) is 3. The molecule has 0 amide bonds. The summed E-state index contributed by atoms with van der Waals surface area (Å²) in [5.41, 5.74) is 7.03. The summed E-state index contributed by atoms with van der Waals surface area (Å²) in [5, 5.41) is 9.90. The van der Waals surface area contributed by atoms with E-state index < -0.39 is 6.10 Å². The predicted molar refractivity (Wildman–Crippen MR) is 59.3 cm³/mol. The van der Waals surface area contributed by atoms with Gasteiger partial charge in [0, 0.05) is 25.0 Å². The maximum absolute atomic E-state index is 9.90. The maximum atomic E-state index is 9.90. The van der Waals surface area contributed by atoms with Gasteiger partial charge in [-0.05, 0) is 17.7 Å². The van der Waals surface area contributed by atoms with E-state index in [0.717, 1.165) is 5.56 Å². The summed E-state index contributed by atoms with van der Waals surface area (Å²) < 4.78 is 0. The fraction of sp³-hybridized carbons (Fsp3) is 0.182. The number of aliphatic hydroxyl groups excluding tert-OH is 1. The molecule has 1 unspecified atom stereocenters. The van der Waals surface area contributed by atoms with E-state index in [1.165, 1.54) is 0 Å². The molecule has 0 aromatic carbocycles. The Hall–Kier alpha value is -2.01. The summed E-state index contributed by atoms with van der Waals surface area (Å²) in [7, 11) is 0. The lowest BCUT2D eigenvalue weighted by Crippen LogP contribution is -2.05. The highest BCUT2D eigenvalue weighted by Crippen LogP contribution is 2.15. The Morgan fingerprint density at radius 3 is 2.81 bits per heavy atom. The molecule has 0 radical (unpaired) electrons. The highest BCUT2D eigenvalue weighted by molar-refractivity contribution is 5.32. The second kappa shape index (κ2) is 4.67. The molecule has 0 saturated heterocycles. The molecule has 1 atom stereocenters. The van der Waals surface area contributed by atoms with Gasteiger partial charge in [0.25, 0.3) is 0 Å². The van der Waals surface area contributed by atoms with Crippen LogP contribution in [0.3, 0.4) is 0 Å². The van der Waals surface area contributed by atoms with Crippen LogP contribution in [0.25, 0.3) is 0 Å². The van der Waals surface area contributed by atoms with Gasteiger partial charge in [-0.25, -0.2) is 4.98 Å². The Balaban J connectivity index is 2.11. The van der Waals surface area contributed by atoms with Gasteiger partial charge < -0.3 is 10.8 Å². The average molecular weight is 216 g/mol. The zero-order valence-electron chi connectivity index (χ0n) is 8.61. The van der Waals surface area contributed by atoms with Gasteiger partial charge in [0.1, 0.15) is 11.9 Å². The SMILES string of the molecule is Nc1cc(CC(O)c2cnccn2)ccn1. The third kappa shape index (κ3) is 2.52. The van der Waals surface area contributed by atoms with Crippen LogP contribution >= 0.6 is 0 Å². The molecule has 5 nitrogen and oxygen atoms in total. The van der Waals surface area contributed by atoms with E-state index in [9.17, 15) is 5.11 Å². The smallest absolute Gasteiger partial charge is 0.123 e. The molecule has 2 aromatic rings. The number of nitrogen functional groups attached to an aromatic ring is 1. The molecule has 0 aliphatic heterocycles. The van der Waals surface area contributed by atoms with E-state index in [-0.39, 0.29) is 0 Å². The molecule has 0 bridgehead atoms. The molecular weight excluding hydrogens is 204 g/mol. The zero-order chi connectivity index (χ0) is 11.4. The predicted octanol–water partition coefficient (Wildman–Crippen LogP) is 0.730. The van der Waals surface area contributed by atoms with E-state index in [2.05, 4.69) is 15.0 Å². The van der Waals surface area contributed by atoms with E-state index in [1.807, 2.05) is 6.07 Å². The van der Waals surface area contributed by atoms with Crippen LogP contribution in [-0.4, -0.2) is 20.1 Å². The number of pyridine rings is 1. The van der Waals surface area contributed by atoms with Crippen molar-refractivity contribution in [2.75, 3.05) is 5.73 Å². The first kappa shape index (κ1) is 10.5. The van der Waals surface area contributed by atoms with Gasteiger partial charge in [0.15, 0.2) is 0 Å². The Morgan fingerprint density at radius 1 is 1.25 bits per heavy atom. The van der Waals surface area contributed by atoms with Crippen molar-refractivity contribution in [1.29, 1.82) is 0 Å². The Morgan fingerprint density at radius 2 is 2.12 bits per heavy atom. The number of rotatable bonds is 3. The number of aliphatic hydroxyl groups is 1. The van der Waals surface area contributed by atoms with Gasteiger partial charge in [0.2, 0.25) is 0 Å². The zero-order valence-corrected chi connectivity index (χ0v) is 8.61. The lowest BCUT2D eigenvalue weighted by atomic mass is 10.1. The number of hydrogen-bond acceptors (Lipinski definition) is 5. The summed E-state index contributed by atoms with van der Waals surface area (Å²) in [6.07, 6.45) is 6.07. The highest BCUT2D eigenvalue weighted by atomic mass is 16.3. The Bertz CT molecular complexity index is 461. The minimum absolute atomic E-state index is 0.448. The van der Waals surface area contributed by atoms with Gasteiger partial charge in [-0.3, -0.25) is 9.97 Å². The summed E-state index contributed by atoms with van der Waals surface area (Å²) in [6.45, 7) is 0. The fourth-order valence-electron chi connectivity index (χ4n) is 1.43. The van der Waals surface area contributed by atoms with Gasteiger partial charge in [0.05, 0.1) is 11.9 Å². The lowest BCUT2D eigenvalue weighted by molar-refractivity contribution is 0.173. The summed E-state index contributed by atoms with van der Waals surface area (Å²) in [6, 6.07) is 3.55. The monoisotopic (exact) mass is 216 g/mol. The van der Waals surface area contributed by atoms with Crippen LogP contribution in [0.5, 0.6) is 0 Å². The van der Waals surface area contributed by atoms with Crippen molar-refractivity contribution in [2.45, 2.75) is 12.5 Å². The highest BCUT2D eigenvalue weighted by Gasteiger charge is 2.09. The molecule has 16 heavy (non-hydrogen) atoms. The third-order valence-corrected chi connectivity index (χ3v) is 2.20. The van der Waals surface area contributed by atoms with Gasteiger partial charge in [-0.2, -0.15) is 0 Å². The topological polar surface area (TPSA) is 84.9 Å². The quantitative estimate of drug-likeness (QED) is 0.790. The summed E-state index contributed by atoms with van der Waals surface area (Å²) in [4.78, 5) is 11.8. The first-order valence-corrected chi connectivity index (χ1v) is 4.90. The van der Waals surface area contributed by atoms with Crippen LogP contribution in [0.2, 0.25) is 0 Å². The Kier molecular flexibility index (Phi) is 3.07. The average Bonchev–Trinajstić information content (AvgIpc) is 2.30. The van der Waals surface area contributed by atoms with Crippen LogP contribution in [-0.2, 0) is 6.42 Å². The molecule has 2 heterocycles. The first-order valence-electron chi connectivity index (χ1n) is 4.90. The second-order valence-corrected chi connectivity index (χ2v) is 3.44. The van der Waals surface area contributed by atoms with Gasteiger partial charge in [-0.15, -0.1) is 0 Å². The van der Waals surface area contributed by atoms with Crippen LogP contribution < -0.4 is 5.73 Å². The standard InChI is InChI=1S/C11H12N4O/c12-11-6-8(1-2-15-11)5-10(16)9-7-13-3-4-14-9/h1-4,6-7,10,16H,5H2,(H2,12,15). The van der Waals surface area contributed by atoms with E-state index >= 15 is 0 Å². The molecule has 0 aliphatic rings. The first-order chi connectivity index (χ1) is 7.75. The van der Waals surface area contributed by atoms with Crippen molar-refractivity contribution < 1.29 is 5.11 Å². The maximum Gasteiger partial charge on any atom is 0.123 e. The number of nitrogens with two attached hydrogens (primary N) is 1.